The molecule has 0 aromatic carbocycles. The highest BCUT2D eigenvalue weighted by molar-refractivity contribution is 5.59. The fourth-order valence-corrected chi connectivity index (χ4v) is 4.70. The van der Waals surface area contributed by atoms with E-state index in [4.69, 9.17) is 9.72 Å². The quantitative estimate of drug-likeness (QED) is 0.807. The van der Waals surface area contributed by atoms with E-state index in [9.17, 15) is 0 Å². The number of piperidine rings is 1. The lowest BCUT2D eigenvalue weighted by atomic mass is 9.92. The first-order chi connectivity index (χ1) is 13.7. The molecule has 2 aliphatic heterocycles. The van der Waals surface area contributed by atoms with Crippen molar-refractivity contribution in [2.24, 2.45) is 5.92 Å². The molecule has 5 nitrogen and oxygen atoms in total. The molecule has 1 aliphatic carbocycles. The van der Waals surface area contributed by atoms with Gasteiger partial charge in [-0.05, 0) is 78.8 Å². The van der Waals surface area contributed by atoms with Gasteiger partial charge in [0, 0.05) is 32.0 Å². The maximum Gasteiger partial charge on any atom is 0.134 e. The molecule has 0 spiro atoms. The molecule has 3 aliphatic rings. The average Bonchev–Trinajstić information content (AvgIpc) is 3.38. The Kier molecular flexibility index (Phi) is 4.71. The summed E-state index contributed by atoms with van der Waals surface area (Å²) in [5.41, 5.74) is 2.68. The number of nitrogens with one attached hydrogen (secondary N) is 1. The van der Waals surface area contributed by atoms with Gasteiger partial charge in [0.25, 0.3) is 0 Å². The molecule has 2 unspecified atom stereocenters. The molecule has 3 fully saturated rings. The Bertz CT molecular complexity index is 846. The Hall–Kier alpha value is -2.14. The normalized spacial score (nSPS) is 24.5. The predicted molar refractivity (Wildman–Crippen MR) is 112 cm³/mol. The molecule has 4 heterocycles. The smallest absolute Gasteiger partial charge is 0.134 e. The van der Waals surface area contributed by atoms with Crippen molar-refractivity contribution in [1.82, 2.24) is 9.97 Å². The van der Waals surface area contributed by atoms with E-state index < -0.39 is 0 Å². The first-order valence-corrected chi connectivity index (χ1v) is 10.8. The Morgan fingerprint density at radius 1 is 1.11 bits per heavy atom. The molecule has 1 N–H and O–H groups in total. The van der Waals surface area contributed by atoms with E-state index in [1.165, 1.54) is 24.0 Å². The lowest BCUT2D eigenvalue weighted by Gasteiger charge is -2.26. The van der Waals surface area contributed by atoms with E-state index in [-0.39, 0.29) is 0 Å². The zero-order valence-electron chi connectivity index (χ0n) is 16.9. The van der Waals surface area contributed by atoms with Crippen LogP contribution in [0.3, 0.4) is 0 Å². The molecule has 148 valence electrons. The van der Waals surface area contributed by atoms with Gasteiger partial charge in [-0.25, -0.2) is 9.97 Å². The Balaban J connectivity index is 1.46. The number of hydrogen-bond acceptors (Lipinski definition) is 5. The molecular weight excluding hydrogens is 348 g/mol. The summed E-state index contributed by atoms with van der Waals surface area (Å²) < 4.78 is 5.58. The van der Waals surface area contributed by atoms with Crippen LogP contribution in [-0.2, 0) is 4.74 Å². The van der Waals surface area contributed by atoms with Crippen LogP contribution < -0.4 is 10.2 Å². The summed E-state index contributed by atoms with van der Waals surface area (Å²) in [6.45, 7) is 7.27. The van der Waals surface area contributed by atoms with E-state index >= 15 is 0 Å². The number of rotatable bonds is 5. The summed E-state index contributed by atoms with van der Waals surface area (Å²) in [5, 5.41) is 3.49. The number of ether oxygens (including phenoxy) is 1. The van der Waals surface area contributed by atoms with Crippen molar-refractivity contribution in [1.29, 1.82) is 0 Å². The molecule has 2 aromatic heterocycles. The maximum atomic E-state index is 5.58. The third kappa shape index (κ3) is 3.60. The summed E-state index contributed by atoms with van der Waals surface area (Å²) in [5.74, 6) is 4.86. The second-order valence-electron chi connectivity index (χ2n) is 8.83. The number of fused-ring (bicyclic) bond motifs is 1. The highest BCUT2D eigenvalue weighted by Crippen LogP contribution is 2.46. The fraction of sp³-hybridized carbons (Fsp3) is 0.565. The summed E-state index contributed by atoms with van der Waals surface area (Å²) >= 11 is 0. The van der Waals surface area contributed by atoms with Crippen LogP contribution in [0.25, 0.3) is 0 Å². The van der Waals surface area contributed by atoms with Gasteiger partial charge in [0.2, 0.25) is 0 Å². The molecule has 0 amide bonds. The summed E-state index contributed by atoms with van der Waals surface area (Å²) in [4.78, 5) is 12.1. The number of hydrogen-bond donors (Lipinski definition) is 1. The maximum absolute atomic E-state index is 5.58. The second kappa shape index (κ2) is 7.36. The molecule has 2 aromatic rings. The van der Waals surface area contributed by atoms with E-state index in [1.54, 1.807) is 0 Å². The monoisotopic (exact) mass is 378 g/mol. The lowest BCUT2D eigenvalue weighted by molar-refractivity contribution is 0.0853. The van der Waals surface area contributed by atoms with Crippen LogP contribution in [0.15, 0.2) is 30.5 Å². The first-order valence-electron chi connectivity index (χ1n) is 10.8. The zero-order chi connectivity index (χ0) is 19.1. The number of anilines is 3. The lowest BCUT2D eigenvalue weighted by Crippen LogP contribution is -2.24. The zero-order valence-corrected chi connectivity index (χ0v) is 16.9. The molecule has 0 bridgehead atoms. The van der Waals surface area contributed by atoms with Crippen molar-refractivity contribution in [3.8, 4) is 0 Å². The fourth-order valence-electron chi connectivity index (χ4n) is 4.70. The van der Waals surface area contributed by atoms with Gasteiger partial charge in [0.05, 0.1) is 0 Å². The minimum Gasteiger partial charge on any atom is -0.381 e. The number of pyridine rings is 2. The third-order valence-electron chi connectivity index (χ3n) is 6.55. The largest absolute Gasteiger partial charge is 0.381 e. The topological polar surface area (TPSA) is 50.3 Å². The van der Waals surface area contributed by atoms with E-state index in [2.05, 4.69) is 53.3 Å². The predicted octanol–water partition coefficient (Wildman–Crippen LogP) is 4.84. The van der Waals surface area contributed by atoms with Gasteiger partial charge in [-0.3, -0.25) is 0 Å². The first kappa shape index (κ1) is 17.9. The van der Waals surface area contributed by atoms with Gasteiger partial charge in [-0.2, -0.15) is 0 Å². The third-order valence-corrected chi connectivity index (χ3v) is 6.55. The minimum atomic E-state index is 0.483. The summed E-state index contributed by atoms with van der Waals surface area (Å²) in [6, 6.07) is 9.50. The van der Waals surface area contributed by atoms with Crippen LogP contribution in [0.5, 0.6) is 0 Å². The van der Waals surface area contributed by atoms with Crippen LogP contribution in [0.1, 0.15) is 62.5 Å². The van der Waals surface area contributed by atoms with Gasteiger partial charge in [-0.1, -0.05) is 13.8 Å². The molecule has 28 heavy (non-hydrogen) atoms. The van der Waals surface area contributed by atoms with Crippen molar-refractivity contribution in [3.05, 3.63) is 41.6 Å². The molecular formula is C23H30N4O. The Morgan fingerprint density at radius 2 is 1.96 bits per heavy atom. The highest BCUT2D eigenvalue weighted by atomic mass is 16.5. The van der Waals surface area contributed by atoms with Crippen LogP contribution in [0.2, 0.25) is 0 Å². The van der Waals surface area contributed by atoms with Gasteiger partial charge >= 0.3 is 0 Å². The van der Waals surface area contributed by atoms with Gasteiger partial charge in [0.1, 0.15) is 17.5 Å². The van der Waals surface area contributed by atoms with E-state index in [1.807, 2.05) is 6.20 Å². The average molecular weight is 379 g/mol. The van der Waals surface area contributed by atoms with Crippen LogP contribution >= 0.6 is 0 Å². The molecule has 5 heteroatoms. The van der Waals surface area contributed by atoms with Crippen molar-refractivity contribution < 1.29 is 4.74 Å². The van der Waals surface area contributed by atoms with Crippen molar-refractivity contribution in [2.45, 2.75) is 57.4 Å². The van der Waals surface area contributed by atoms with Crippen molar-refractivity contribution in [2.75, 3.05) is 30.0 Å². The van der Waals surface area contributed by atoms with Crippen molar-refractivity contribution in [3.63, 3.8) is 0 Å². The van der Waals surface area contributed by atoms with Crippen LogP contribution in [0.4, 0.5) is 17.5 Å². The highest BCUT2D eigenvalue weighted by Gasteiger charge is 2.47. The molecule has 1 saturated carbocycles. The Morgan fingerprint density at radius 3 is 2.68 bits per heavy atom. The van der Waals surface area contributed by atoms with Gasteiger partial charge in [0.15, 0.2) is 0 Å². The summed E-state index contributed by atoms with van der Waals surface area (Å²) in [6.07, 6.45) is 6.72. The van der Waals surface area contributed by atoms with Crippen LogP contribution in [0, 0.1) is 5.92 Å². The Labute approximate surface area is 167 Å². The van der Waals surface area contributed by atoms with Crippen molar-refractivity contribution >= 4 is 17.5 Å². The second-order valence-corrected chi connectivity index (χ2v) is 8.83. The molecule has 2 saturated heterocycles. The SMILES string of the molecule is CC(C)c1ccnc(Nc2cc(C3CCOCC3)cc(N3CCC4CC43)n2)c1. The van der Waals surface area contributed by atoms with Gasteiger partial charge in [-0.15, -0.1) is 0 Å². The van der Waals surface area contributed by atoms with Crippen LogP contribution in [-0.4, -0.2) is 35.8 Å². The minimum absolute atomic E-state index is 0.483. The summed E-state index contributed by atoms with van der Waals surface area (Å²) in [7, 11) is 0. The number of nitrogens with zero attached hydrogens (tertiary/aromatic N) is 3. The van der Waals surface area contributed by atoms with E-state index in [0.717, 1.165) is 56.0 Å². The molecule has 2 atom stereocenters. The standard InChI is InChI=1S/C23H30N4O/c1-15(2)17-3-7-24-21(12-17)25-22-13-19(16-5-9-28-10-6-16)14-23(26-22)27-8-4-18-11-20(18)27/h3,7,12-16,18,20H,4-6,8-11H2,1-2H3,(H,24,25,26). The number of aromatic nitrogens is 2. The van der Waals surface area contributed by atoms with Gasteiger partial charge < -0.3 is 15.0 Å². The van der Waals surface area contributed by atoms with E-state index in [0.29, 0.717) is 17.9 Å². The molecule has 5 rings (SSSR count). The molecule has 0 radical (unpaired) electrons.